The Hall–Kier alpha value is -1.50. The van der Waals surface area contributed by atoms with E-state index >= 15 is 0 Å². The first-order valence-corrected chi connectivity index (χ1v) is 10.7. The lowest BCUT2D eigenvalue weighted by Gasteiger charge is -2.25. The van der Waals surface area contributed by atoms with Crippen LogP contribution in [-0.4, -0.2) is 32.7 Å². The van der Waals surface area contributed by atoms with Crippen LogP contribution in [0, 0.1) is 0 Å². The molecule has 9 heteroatoms. The normalized spacial score (nSPS) is 15.6. The third kappa shape index (κ3) is 5.16. The number of ether oxygens (including phenoxy) is 1. The van der Waals surface area contributed by atoms with Gasteiger partial charge in [0.25, 0.3) is 0 Å². The molecule has 1 aliphatic heterocycles. The molecule has 0 bridgehead atoms. The average molecular weight is 472 g/mol. The zero-order valence-corrected chi connectivity index (χ0v) is 18.4. The number of halogens is 4. The van der Waals surface area contributed by atoms with E-state index in [2.05, 4.69) is 21.2 Å². The molecule has 1 aliphatic rings. The molecule has 1 aromatic carbocycles. The fourth-order valence-corrected chi connectivity index (χ4v) is 4.37. The van der Waals surface area contributed by atoms with Crippen LogP contribution in [-0.2, 0) is 6.61 Å². The summed E-state index contributed by atoms with van der Waals surface area (Å²) in [7, 11) is 0. The van der Waals surface area contributed by atoms with Crippen molar-refractivity contribution in [3.05, 3.63) is 63.0 Å². The Balaban J connectivity index is 1.45. The summed E-state index contributed by atoms with van der Waals surface area (Å²) in [5.41, 5.74) is 3.62. The molecule has 4 rings (SSSR count). The first kappa shape index (κ1) is 20.8. The van der Waals surface area contributed by atoms with Gasteiger partial charge in [-0.15, -0.1) is 0 Å². The first-order chi connectivity index (χ1) is 14.0. The number of aromatic amines is 1. The predicted octanol–water partition coefficient (Wildman–Crippen LogP) is 6.34. The lowest BCUT2D eigenvalue weighted by molar-refractivity contribution is 0.306. The number of nitrogens with one attached hydrogen (secondary N) is 1. The Morgan fingerprint density at radius 3 is 2.45 bits per heavy atom. The maximum atomic E-state index is 6.50. The van der Waals surface area contributed by atoms with E-state index in [0.29, 0.717) is 33.6 Å². The van der Waals surface area contributed by atoms with Crippen molar-refractivity contribution in [1.82, 2.24) is 19.6 Å². The number of benzene rings is 1. The molecule has 1 N–H and O–H groups in total. The second-order valence-corrected chi connectivity index (χ2v) is 8.60. The molecular formula is C20H18Cl4N4O. The zero-order chi connectivity index (χ0) is 20.4. The maximum absolute atomic E-state index is 6.50. The molecule has 1 saturated heterocycles. The molecule has 0 atom stereocenters. The average Bonchev–Trinajstić information content (AvgIpc) is 3.16. The van der Waals surface area contributed by atoms with Crippen LogP contribution in [0.25, 0.3) is 11.3 Å². The maximum Gasteiger partial charge on any atom is 0.131 e. The van der Waals surface area contributed by atoms with E-state index in [9.17, 15) is 0 Å². The minimum Gasteiger partial charge on any atom is -0.489 e. The van der Waals surface area contributed by atoms with Gasteiger partial charge in [0.15, 0.2) is 0 Å². The molecule has 3 heterocycles. The number of H-pyrrole nitrogens is 1. The van der Waals surface area contributed by atoms with Gasteiger partial charge in [0, 0.05) is 30.3 Å². The van der Waals surface area contributed by atoms with Gasteiger partial charge in [0.1, 0.15) is 22.7 Å². The topological polar surface area (TPSA) is 54.0 Å². The van der Waals surface area contributed by atoms with Gasteiger partial charge in [-0.2, -0.15) is 5.10 Å². The van der Waals surface area contributed by atoms with Crippen molar-refractivity contribution >= 4 is 46.6 Å². The predicted molar refractivity (Wildman–Crippen MR) is 117 cm³/mol. The van der Waals surface area contributed by atoms with Gasteiger partial charge in [-0.25, -0.2) is 9.40 Å². The Bertz CT molecular complexity index is 982. The Labute approximate surface area is 189 Å². The molecule has 0 saturated carbocycles. The van der Waals surface area contributed by atoms with Crippen molar-refractivity contribution < 1.29 is 4.74 Å². The number of aromatic nitrogens is 3. The monoisotopic (exact) mass is 470 g/mol. The Morgan fingerprint density at radius 2 is 1.76 bits per heavy atom. The summed E-state index contributed by atoms with van der Waals surface area (Å²) in [6.45, 7) is 2.06. The third-order valence-electron chi connectivity index (χ3n) is 4.92. The number of piperidine rings is 1. The van der Waals surface area contributed by atoms with E-state index in [-0.39, 0.29) is 0 Å². The smallest absolute Gasteiger partial charge is 0.131 e. The quantitative estimate of drug-likeness (QED) is 0.348. The summed E-state index contributed by atoms with van der Waals surface area (Å²) in [5, 5.41) is 8.84. The summed E-state index contributed by atoms with van der Waals surface area (Å²) in [6.07, 6.45) is 2.02. The Kier molecular flexibility index (Phi) is 6.52. The zero-order valence-electron chi connectivity index (χ0n) is 15.3. The third-order valence-corrected chi connectivity index (χ3v) is 5.96. The number of pyridine rings is 1. The molecule has 152 valence electrons. The van der Waals surface area contributed by atoms with Gasteiger partial charge < -0.3 is 4.74 Å². The summed E-state index contributed by atoms with van der Waals surface area (Å²) in [6, 6.07) is 11.0. The van der Waals surface area contributed by atoms with Gasteiger partial charge >= 0.3 is 0 Å². The van der Waals surface area contributed by atoms with Gasteiger partial charge in [-0.3, -0.25) is 5.10 Å². The standard InChI is InChI=1S/C20H18Cl4N4O/c21-16-9-14(29-11-12-7-19(22)25-20(23)8-12)1-2-15(16)18-10-17(26-27-18)13-3-5-28(24)6-4-13/h1-2,7-10,13H,3-6,11H2,(H,26,27). The van der Waals surface area contributed by atoms with E-state index in [0.717, 1.165) is 48.4 Å². The number of nitrogens with zero attached hydrogens (tertiary/aromatic N) is 3. The molecule has 0 aliphatic carbocycles. The van der Waals surface area contributed by atoms with E-state index < -0.39 is 0 Å². The highest BCUT2D eigenvalue weighted by molar-refractivity contribution is 6.33. The summed E-state index contributed by atoms with van der Waals surface area (Å²) >= 11 is 24.4. The largest absolute Gasteiger partial charge is 0.489 e. The fraction of sp³-hybridized carbons (Fsp3) is 0.300. The van der Waals surface area contributed by atoms with Crippen molar-refractivity contribution in [2.75, 3.05) is 13.1 Å². The fourth-order valence-electron chi connectivity index (χ4n) is 3.40. The molecule has 3 aromatic rings. The van der Waals surface area contributed by atoms with Crippen LogP contribution in [0.5, 0.6) is 5.75 Å². The van der Waals surface area contributed by atoms with Gasteiger partial charge in [0.05, 0.1) is 10.7 Å². The SMILES string of the molecule is Clc1cc(COc2ccc(-c3cc(C4CCN(Cl)CC4)[nH]n3)c(Cl)c2)cc(Cl)n1. The number of hydrogen-bond acceptors (Lipinski definition) is 4. The lowest BCUT2D eigenvalue weighted by Crippen LogP contribution is -2.25. The molecule has 0 amide bonds. The van der Waals surface area contributed by atoms with Crippen LogP contribution >= 0.6 is 46.6 Å². The highest BCUT2D eigenvalue weighted by atomic mass is 35.5. The van der Waals surface area contributed by atoms with Crippen molar-refractivity contribution in [3.63, 3.8) is 0 Å². The van der Waals surface area contributed by atoms with E-state index in [4.69, 9.17) is 51.3 Å². The summed E-state index contributed by atoms with van der Waals surface area (Å²) < 4.78 is 7.64. The van der Waals surface area contributed by atoms with Crippen LogP contribution in [0.15, 0.2) is 36.4 Å². The van der Waals surface area contributed by atoms with E-state index in [1.165, 1.54) is 0 Å². The number of hydrogen-bond donors (Lipinski definition) is 1. The Morgan fingerprint density at radius 1 is 1.03 bits per heavy atom. The van der Waals surface area contributed by atoms with Crippen LogP contribution in [0.3, 0.4) is 0 Å². The molecule has 0 unspecified atom stereocenters. The minimum atomic E-state index is 0.309. The molecular weight excluding hydrogens is 454 g/mol. The minimum absolute atomic E-state index is 0.309. The van der Waals surface area contributed by atoms with E-state index in [1.807, 2.05) is 16.6 Å². The van der Waals surface area contributed by atoms with Crippen molar-refractivity contribution in [2.24, 2.45) is 0 Å². The van der Waals surface area contributed by atoms with Crippen molar-refractivity contribution in [1.29, 1.82) is 0 Å². The van der Waals surface area contributed by atoms with Crippen LogP contribution in [0.1, 0.15) is 30.0 Å². The van der Waals surface area contributed by atoms with Crippen molar-refractivity contribution in [3.8, 4) is 17.0 Å². The molecule has 0 spiro atoms. The van der Waals surface area contributed by atoms with Gasteiger partial charge in [-0.1, -0.05) is 34.8 Å². The van der Waals surface area contributed by atoms with Gasteiger partial charge in [0.2, 0.25) is 0 Å². The van der Waals surface area contributed by atoms with E-state index in [1.54, 1.807) is 18.2 Å². The molecule has 0 radical (unpaired) electrons. The summed E-state index contributed by atoms with van der Waals surface area (Å²) in [4.78, 5) is 3.92. The van der Waals surface area contributed by atoms with Gasteiger partial charge in [-0.05, 0) is 66.6 Å². The van der Waals surface area contributed by atoms with Crippen LogP contribution in [0.2, 0.25) is 15.3 Å². The highest BCUT2D eigenvalue weighted by Gasteiger charge is 2.22. The second-order valence-electron chi connectivity index (χ2n) is 6.94. The van der Waals surface area contributed by atoms with Crippen LogP contribution in [0.4, 0.5) is 0 Å². The first-order valence-electron chi connectivity index (χ1n) is 9.18. The molecule has 1 fully saturated rings. The lowest BCUT2D eigenvalue weighted by atomic mass is 9.94. The molecule has 5 nitrogen and oxygen atoms in total. The molecule has 2 aromatic heterocycles. The van der Waals surface area contributed by atoms with Crippen molar-refractivity contribution in [2.45, 2.75) is 25.4 Å². The number of rotatable bonds is 5. The molecule has 29 heavy (non-hydrogen) atoms. The highest BCUT2D eigenvalue weighted by Crippen LogP contribution is 2.34. The second kappa shape index (κ2) is 9.11. The van der Waals surface area contributed by atoms with Crippen LogP contribution < -0.4 is 4.74 Å². The summed E-state index contributed by atoms with van der Waals surface area (Å²) in [5.74, 6) is 1.08.